The van der Waals surface area contributed by atoms with Gasteiger partial charge in [0.2, 0.25) is 11.7 Å². The van der Waals surface area contributed by atoms with Gasteiger partial charge in [0, 0.05) is 16.7 Å². The first-order valence-electron chi connectivity index (χ1n) is 6.80. The molecule has 1 aromatic heterocycles. The molecule has 1 N–H and O–H groups in total. The first kappa shape index (κ1) is 16.0. The summed E-state index contributed by atoms with van der Waals surface area (Å²) in [6.45, 7) is -0.273. The Morgan fingerprint density at radius 3 is 2.79 bits per heavy atom. The zero-order chi connectivity index (χ0) is 17.1. The average Bonchev–Trinajstić information content (AvgIpc) is 2.98. The molecule has 2 aromatic carbocycles. The first-order valence-corrected chi connectivity index (χ1v) is 7.18. The van der Waals surface area contributed by atoms with Crippen LogP contribution in [0.1, 0.15) is 0 Å². The molecular formula is C15H10ClF2N5O. The number of benzene rings is 2. The molecule has 1 heterocycles. The van der Waals surface area contributed by atoms with Crippen molar-refractivity contribution < 1.29 is 13.6 Å². The highest BCUT2D eigenvalue weighted by atomic mass is 35.5. The van der Waals surface area contributed by atoms with Gasteiger partial charge < -0.3 is 5.32 Å². The van der Waals surface area contributed by atoms with Crippen molar-refractivity contribution in [3.8, 4) is 11.4 Å². The number of tetrazole rings is 1. The predicted molar refractivity (Wildman–Crippen MR) is 83.3 cm³/mol. The van der Waals surface area contributed by atoms with E-state index < -0.39 is 17.5 Å². The van der Waals surface area contributed by atoms with Crippen molar-refractivity contribution in [1.29, 1.82) is 0 Å². The number of anilines is 1. The summed E-state index contributed by atoms with van der Waals surface area (Å²) in [5.41, 5.74) is 0.523. The summed E-state index contributed by atoms with van der Waals surface area (Å²) < 4.78 is 26.3. The Morgan fingerprint density at radius 1 is 1.21 bits per heavy atom. The molecule has 0 spiro atoms. The van der Waals surface area contributed by atoms with Crippen LogP contribution < -0.4 is 5.32 Å². The van der Waals surface area contributed by atoms with Crippen LogP contribution in [-0.2, 0) is 11.3 Å². The smallest absolute Gasteiger partial charge is 0.248 e. The topological polar surface area (TPSA) is 72.7 Å². The van der Waals surface area contributed by atoms with E-state index in [9.17, 15) is 13.6 Å². The van der Waals surface area contributed by atoms with Crippen molar-refractivity contribution in [3.05, 3.63) is 59.1 Å². The normalized spacial score (nSPS) is 10.6. The van der Waals surface area contributed by atoms with Gasteiger partial charge in [-0.2, -0.15) is 4.80 Å². The van der Waals surface area contributed by atoms with Crippen LogP contribution >= 0.6 is 11.6 Å². The van der Waals surface area contributed by atoms with E-state index in [1.807, 2.05) is 0 Å². The van der Waals surface area contributed by atoms with E-state index in [1.165, 1.54) is 0 Å². The van der Waals surface area contributed by atoms with Crippen molar-refractivity contribution in [2.24, 2.45) is 0 Å². The van der Waals surface area contributed by atoms with Gasteiger partial charge in [0.25, 0.3) is 0 Å². The van der Waals surface area contributed by atoms with Gasteiger partial charge in [0.1, 0.15) is 18.2 Å². The number of aromatic nitrogens is 4. The second-order valence-electron chi connectivity index (χ2n) is 4.83. The third kappa shape index (κ3) is 3.72. The summed E-state index contributed by atoms with van der Waals surface area (Å²) >= 11 is 5.89. The number of rotatable bonds is 4. The maximum atomic E-state index is 13.5. The lowest BCUT2D eigenvalue weighted by Gasteiger charge is -2.05. The number of hydrogen-bond donors (Lipinski definition) is 1. The molecule has 0 aliphatic heterocycles. The molecule has 0 unspecified atom stereocenters. The van der Waals surface area contributed by atoms with E-state index >= 15 is 0 Å². The minimum absolute atomic E-state index is 0.128. The summed E-state index contributed by atoms with van der Waals surface area (Å²) in [5, 5.41) is 14.5. The number of carbonyl (C=O) groups is 1. The number of nitrogens with one attached hydrogen (secondary N) is 1. The molecule has 9 heteroatoms. The largest absolute Gasteiger partial charge is 0.322 e. The Hall–Kier alpha value is -2.87. The van der Waals surface area contributed by atoms with Crippen molar-refractivity contribution in [3.63, 3.8) is 0 Å². The van der Waals surface area contributed by atoms with Gasteiger partial charge in [-0.3, -0.25) is 4.79 Å². The molecule has 122 valence electrons. The fourth-order valence-corrected chi connectivity index (χ4v) is 2.15. The van der Waals surface area contributed by atoms with Crippen LogP contribution in [-0.4, -0.2) is 26.1 Å². The molecule has 0 radical (unpaired) electrons. The highest BCUT2D eigenvalue weighted by Gasteiger charge is 2.12. The molecule has 1 amide bonds. The van der Waals surface area contributed by atoms with E-state index in [0.717, 1.165) is 16.9 Å². The number of hydrogen-bond acceptors (Lipinski definition) is 4. The third-order valence-electron chi connectivity index (χ3n) is 3.03. The van der Waals surface area contributed by atoms with Crippen LogP contribution in [0.4, 0.5) is 14.5 Å². The molecular weight excluding hydrogens is 340 g/mol. The molecule has 0 aliphatic rings. The molecule has 0 saturated carbocycles. The summed E-state index contributed by atoms with van der Waals surface area (Å²) in [4.78, 5) is 13.0. The molecule has 0 atom stereocenters. The fraction of sp³-hybridized carbons (Fsp3) is 0.0667. The molecule has 0 bridgehead atoms. The quantitative estimate of drug-likeness (QED) is 0.786. The van der Waals surface area contributed by atoms with Crippen LogP contribution in [0.15, 0.2) is 42.5 Å². The number of carbonyl (C=O) groups excluding carboxylic acids is 1. The highest BCUT2D eigenvalue weighted by Crippen LogP contribution is 2.18. The third-order valence-corrected chi connectivity index (χ3v) is 3.26. The van der Waals surface area contributed by atoms with Crippen LogP contribution in [0.5, 0.6) is 0 Å². The molecule has 6 nitrogen and oxygen atoms in total. The molecule has 24 heavy (non-hydrogen) atoms. The van der Waals surface area contributed by atoms with Gasteiger partial charge in [0.15, 0.2) is 0 Å². The first-order chi connectivity index (χ1) is 11.5. The average molecular weight is 350 g/mol. The SMILES string of the molecule is O=C(Cn1nnc(-c2cccc(Cl)c2)n1)Nc1ccc(F)cc1F. The lowest BCUT2D eigenvalue weighted by Crippen LogP contribution is -2.21. The Morgan fingerprint density at radius 2 is 2.04 bits per heavy atom. The number of halogens is 3. The summed E-state index contributed by atoms with van der Waals surface area (Å²) in [6.07, 6.45) is 0. The standard InChI is InChI=1S/C15H10ClF2N5O/c16-10-3-1-2-9(6-10)15-20-22-23(21-15)8-14(24)19-13-5-4-11(17)7-12(13)18/h1-7H,8H2,(H,19,24). The predicted octanol–water partition coefficient (Wildman–Crippen LogP) is 2.91. The summed E-state index contributed by atoms with van der Waals surface area (Å²) in [6, 6.07) is 9.72. The summed E-state index contributed by atoms with van der Waals surface area (Å²) in [5.74, 6) is -1.86. The monoisotopic (exact) mass is 349 g/mol. The lowest BCUT2D eigenvalue weighted by molar-refractivity contribution is -0.117. The van der Waals surface area contributed by atoms with Gasteiger partial charge in [-0.05, 0) is 29.5 Å². The molecule has 0 saturated heterocycles. The number of nitrogens with zero attached hydrogens (tertiary/aromatic N) is 4. The molecule has 3 aromatic rings. The van der Waals surface area contributed by atoms with Crippen molar-refractivity contribution in [2.45, 2.75) is 6.54 Å². The Kier molecular flexibility index (Phi) is 4.48. The van der Waals surface area contributed by atoms with Gasteiger partial charge >= 0.3 is 0 Å². The lowest BCUT2D eigenvalue weighted by atomic mass is 10.2. The molecule has 0 aliphatic carbocycles. The van der Waals surface area contributed by atoms with E-state index in [0.29, 0.717) is 22.5 Å². The fourth-order valence-electron chi connectivity index (χ4n) is 1.96. The Balaban J connectivity index is 1.69. The van der Waals surface area contributed by atoms with Crippen molar-refractivity contribution >= 4 is 23.2 Å². The second-order valence-corrected chi connectivity index (χ2v) is 5.26. The van der Waals surface area contributed by atoms with Crippen LogP contribution in [0.2, 0.25) is 5.02 Å². The van der Waals surface area contributed by atoms with E-state index in [-0.39, 0.29) is 12.2 Å². The number of amides is 1. The second kappa shape index (κ2) is 6.71. The summed E-state index contributed by atoms with van der Waals surface area (Å²) in [7, 11) is 0. The minimum Gasteiger partial charge on any atom is -0.322 e. The van der Waals surface area contributed by atoms with Gasteiger partial charge in [-0.25, -0.2) is 8.78 Å². The Bertz CT molecular complexity index is 899. The van der Waals surface area contributed by atoms with Gasteiger partial charge in [0.05, 0.1) is 5.69 Å². The van der Waals surface area contributed by atoms with E-state index in [2.05, 4.69) is 20.7 Å². The zero-order valence-electron chi connectivity index (χ0n) is 12.1. The van der Waals surface area contributed by atoms with Gasteiger partial charge in [-0.15, -0.1) is 10.2 Å². The van der Waals surface area contributed by atoms with Crippen LogP contribution in [0.25, 0.3) is 11.4 Å². The maximum Gasteiger partial charge on any atom is 0.248 e. The van der Waals surface area contributed by atoms with Gasteiger partial charge in [-0.1, -0.05) is 23.7 Å². The van der Waals surface area contributed by atoms with Crippen molar-refractivity contribution in [1.82, 2.24) is 20.2 Å². The van der Waals surface area contributed by atoms with Crippen LogP contribution in [0, 0.1) is 11.6 Å². The van der Waals surface area contributed by atoms with E-state index in [1.54, 1.807) is 24.3 Å². The maximum absolute atomic E-state index is 13.5. The highest BCUT2D eigenvalue weighted by molar-refractivity contribution is 6.30. The molecule has 3 rings (SSSR count). The Labute approximate surface area is 140 Å². The minimum atomic E-state index is -0.866. The molecule has 0 fully saturated rings. The zero-order valence-corrected chi connectivity index (χ0v) is 12.8. The van der Waals surface area contributed by atoms with E-state index in [4.69, 9.17) is 11.6 Å². The van der Waals surface area contributed by atoms with Crippen molar-refractivity contribution in [2.75, 3.05) is 5.32 Å². The van der Waals surface area contributed by atoms with Crippen LogP contribution in [0.3, 0.4) is 0 Å².